The van der Waals surface area contributed by atoms with E-state index in [4.69, 9.17) is 4.42 Å². The van der Waals surface area contributed by atoms with Crippen LogP contribution in [0.1, 0.15) is 32.8 Å². The van der Waals surface area contributed by atoms with Gasteiger partial charge >= 0.3 is 0 Å². The number of aryl methyl sites for hydroxylation is 3. The molecule has 0 bridgehead atoms. The van der Waals surface area contributed by atoms with Crippen molar-refractivity contribution in [1.29, 1.82) is 0 Å². The van der Waals surface area contributed by atoms with E-state index in [2.05, 4.69) is 34.6 Å². The normalized spacial score (nSPS) is 11.1. The molecule has 0 aliphatic carbocycles. The van der Waals surface area contributed by atoms with Crippen LogP contribution in [0.4, 0.5) is 5.13 Å². The molecule has 0 saturated carbocycles. The molecule has 1 amide bonds. The predicted octanol–water partition coefficient (Wildman–Crippen LogP) is 5.75. The summed E-state index contributed by atoms with van der Waals surface area (Å²) in [6, 6.07) is 14.2. The van der Waals surface area contributed by atoms with E-state index in [1.165, 1.54) is 22.5 Å². The number of benzene rings is 2. The van der Waals surface area contributed by atoms with Crippen LogP contribution in [0.2, 0.25) is 0 Å². The maximum atomic E-state index is 12.6. The number of carbonyl (C=O) groups is 1. The van der Waals surface area contributed by atoms with Crippen molar-refractivity contribution in [1.82, 2.24) is 10.2 Å². The maximum absolute atomic E-state index is 12.6. The lowest BCUT2D eigenvalue weighted by Gasteiger charge is -2.02. The summed E-state index contributed by atoms with van der Waals surface area (Å²) in [5, 5.41) is 12.5. The van der Waals surface area contributed by atoms with Gasteiger partial charge in [-0.3, -0.25) is 10.1 Å². The average Bonchev–Trinajstić information content (AvgIpc) is 3.25. The summed E-state index contributed by atoms with van der Waals surface area (Å²) in [6.07, 6.45) is 0. The van der Waals surface area contributed by atoms with Gasteiger partial charge in [0.25, 0.3) is 5.91 Å². The number of amides is 1. The Balaban J connectivity index is 1.46. The van der Waals surface area contributed by atoms with Crippen molar-refractivity contribution < 1.29 is 9.21 Å². The first-order valence-corrected chi connectivity index (χ1v) is 10.6. The van der Waals surface area contributed by atoms with Crippen molar-refractivity contribution in [3.8, 4) is 0 Å². The molecule has 0 aliphatic rings. The molecule has 1 N–H and O–H groups in total. The van der Waals surface area contributed by atoms with Gasteiger partial charge in [0.2, 0.25) is 5.13 Å². The van der Waals surface area contributed by atoms with Gasteiger partial charge in [0.1, 0.15) is 5.58 Å². The second-order valence-corrected chi connectivity index (χ2v) is 8.80. The Kier molecular flexibility index (Phi) is 5.19. The van der Waals surface area contributed by atoms with Crippen LogP contribution in [0.25, 0.3) is 11.0 Å². The molecule has 0 fully saturated rings. The largest absolute Gasteiger partial charge is 0.451 e. The molecule has 0 saturated heterocycles. The molecule has 5 nitrogen and oxygen atoms in total. The van der Waals surface area contributed by atoms with Gasteiger partial charge in [0.15, 0.2) is 10.1 Å². The minimum atomic E-state index is -0.307. The number of aromatic nitrogens is 2. The summed E-state index contributed by atoms with van der Waals surface area (Å²) in [7, 11) is 0. The zero-order valence-electron chi connectivity index (χ0n) is 15.8. The van der Waals surface area contributed by atoms with Crippen LogP contribution in [-0.4, -0.2) is 16.1 Å². The fourth-order valence-corrected chi connectivity index (χ4v) is 4.76. The van der Waals surface area contributed by atoms with Gasteiger partial charge < -0.3 is 4.42 Å². The fourth-order valence-electron chi connectivity index (χ4n) is 2.94. The monoisotopic (exact) mass is 409 g/mol. The zero-order chi connectivity index (χ0) is 19.7. The number of carbonyl (C=O) groups excluding carboxylic acids is 1. The second-order valence-electron chi connectivity index (χ2n) is 6.60. The van der Waals surface area contributed by atoms with E-state index in [-0.39, 0.29) is 5.91 Å². The molecule has 142 valence electrons. The Morgan fingerprint density at radius 2 is 1.96 bits per heavy atom. The van der Waals surface area contributed by atoms with E-state index in [9.17, 15) is 4.79 Å². The van der Waals surface area contributed by atoms with Gasteiger partial charge in [-0.15, -0.1) is 10.2 Å². The molecule has 4 rings (SSSR count). The molecule has 28 heavy (non-hydrogen) atoms. The summed E-state index contributed by atoms with van der Waals surface area (Å²) in [4.78, 5) is 12.6. The standard InChI is InChI=1S/C21H19N3O2S2/c1-12-8-9-17-16(10-12)14(3)18(26-17)19(25)22-20-23-24-21(28-20)27-11-15-7-5-4-6-13(15)2/h4-10H,11H2,1-3H3,(H,22,23,25). The number of hydrogen-bond donors (Lipinski definition) is 1. The van der Waals surface area contributed by atoms with Crippen LogP contribution in [0.3, 0.4) is 0 Å². The Bertz CT molecular complexity index is 1160. The first kappa shape index (κ1) is 18.7. The van der Waals surface area contributed by atoms with E-state index in [0.29, 0.717) is 16.5 Å². The number of nitrogens with one attached hydrogen (secondary N) is 1. The Morgan fingerprint density at radius 1 is 1.14 bits per heavy atom. The van der Waals surface area contributed by atoms with Crippen LogP contribution < -0.4 is 5.32 Å². The number of nitrogens with zero attached hydrogens (tertiary/aromatic N) is 2. The van der Waals surface area contributed by atoms with Crippen molar-refractivity contribution in [2.24, 2.45) is 0 Å². The minimum absolute atomic E-state index is 0.307. The van der Waals surface area contributed by atoms with E-state index in [0.717, 1.165) is 26.6 Å². The van der Waals surface area contributed by atoms with Crippen molar-refractivity contribution in [3.05, 3.63) is 70.5 Å². The maximum Gasteiger partial charge on any atom is 0.293 e. The Hall–Kier alpha value is -2.64. The van der Waals surface area contributed by atoms with Gasteiger partial charge in [-0.05, 0) is 44.0 Å². The van der Waals surface area contributed by atoms with Gasteiger partial charge in [-0.25, -0.2) is 0 Å². The van der Waals surface area contributed by atoms with Crippen molar-refractivity contribution in [2.75, 3.05) is 5.32 Å². The van der Waals surface area contributed by atoms with Gasteiger partial charge in [0.05, 0.1) is 0 Å². The second kappa shape index (κ2) is 7.77. The highest BCUT2D eigenvalue weighted by Crippen LogP contribution is 2.30. The molecule has 0 spiro atoms. The molecule has 0 unspecified atom stereocenters. The minimum Gasteiger partial charge on any atom is -0.451 e. The molecular formula is C21H19N3O2S2. The van der Waals surface area contributed by atoms with E-state index >= 15 is 0 Å². The number of thioether (sulfide) groups is 1. The van der Waals surface area contributed by atoms with Gasteiger partial charge in [0, 0.05) is 16.7 Å². The quantitative estimate of drug-likeness (QED) is 0.335. The van der Waals surface area contributed by atoms with Crippen LogP contribution >= 0.6 is 23.1 Å². The molecule has 0 atom stereocenters. The van der Waals surface area contributed by atoms with Crippen LogP contribution in [-0.2, 0) is 5.75 Å². The third kappa shape index (κ3) is 3.81. The molecule has 7 heteroatoms. The number of hydrogen-bond acceptors (Lipinski definition) is 6. The Labute approximate surface area is 171 Å². The van der Waals surface area contributed by atoms with E-state index in [1.807, 2.05) is 44.2 Å². The molecule has 0 aliphatic heterocycles. The molecule has 0 radical (unpaired) electrons. The summed E-state index contributed by atoms with van der Waals surface area (Å²) in [5.41, 5.74) is 5.18. The topological polar surface area (TPSA) is 68.0 Å². The fraction of sp³-hybridized carbons (Fsp3) is 0.190. The van der Waals surface area contributed by atoms with E-state index < -0.39 is 0 Å². The third-order valence-electron chi connectivity index (χ3n) is 4.54. The number of rotatable bonds is 5. The summed E-state index contributed by atoms with van der Waals surface area (Å²) >= 11 is 2.97. The highest BCUT2D eigenvalue weighted by Gasteiger charge is 2.19. The van der Waals surface area contributed by atoms with Gasteiger partial charge in [-0.1, -0.05) is 59.0 Å². The van der Waals surface area contributed by atoms with Crippen LogP contribution in [0.15, 0.2) is 51.2 Å². The van der Waals surface area contributed by atoms with Crippen molar-refractivity contribution in [3.63, 3.8) is 0 Å². The molecular weight excluding hydrogens is 390 g/mol. The molecule has 2 heterocycles. The first-order chi connectivity index (χ1) is 13.5. The molecule has 2 aromatic heterocycles. The SMILES string of the molecule is Cc1ccc2oc(C(=O)Nc3nnc(SCc4ccccc4C)s3)c(C)c2c1. The lowest BCUT2D eigenvalue weighted by molar-refractivity contribution is 0.0998. The average molecular weight is 410 g/mol. The highest BCUT2D eigenvalue weighted by atomic mass is 32.2. The van der Waals surface area contributed by atoms with Crippen molar-refractivity contribution >= 4 is 45.1 Å². The lowest BCUT2D eigenvalue weighted by atomic mass is 10.1. The molecule has 4 aromatic rings. The summed E-state index contributed by atoms with van der Waals surface area (Å²) in [5.74, 6) is 0.819. The first-order valence-electron chi connectivity index (χ1n) is 8.83. The molecule has 2 aromatic carbocycles. The smallest absolute Gasteiger partial charge is 0.293 e. The zero-order valence-corrected chi connectivity index (χ0v) is 17.4. The summed E-state index contributed by atoms with van der Waals surface area (Å²) < 4.78 is 6.57. The third-order valence-corrected chi connectivity index (χ3v) is 6.56. The van der Waals surface area contributed by atoms with Crippen LogP contribution in [0, 0.1) is 20.8 Å². The number of anilines is 1. The lowest BCUT2D eigenvalue weighted by Crippen LogP contribution is -2.11. The summed E-state index contributed by atoms with van der Waals surface area (Å²) in [6.45, 7) is 6.01. The number of furan rings is 1. The predicted molar refractivity (Wildman–Crippen MR) is 114 cm³/mol. The van der Waals surface area contributed by atoms with Gasteiger partial charge in [-0.2, -0.15) is 0 Å². The highest BCUT2D eigenvalue weighted by molar-refractivity contribution is 8.00. The Morgan fingerprint density at radius 3 is 2.79 bits per heavy atom. The number of fused-ring (bicyclic) bond motifs is 1. The van der Waals surface area contributed by atoms with Crippen molar-refractivity contribution in [2.45, 2.75) is 30.9 Å². The van der Waals surface area contributed by atoms with Crippen LogP contribution in [0.5, 0.6) is 0 Å². The van der Waals surface area contributed by atoms with E-state index in [1.54, 1.807) is 11.8 Å².